The number of aromatic nitrogens is 2. The summed E-state index contributed by atoms with van der Waals surface area (Å²) in [6.45, 7) is 2.57. The second-order valence-corrected chi connectivity index (χ2v) is 21.7. The number of hydrogen-bond donors (Lipinski definition) is 8. The van der Waals surface area contributed by atoms with E-state index in [1.165, 1.54) is 12.1 Å². The number of benzene rings is 5. The van der Waals surface area contributed by atoms with Crippen molar-refractivity contribution in [3.8, 4) is 34.3 Å². The van der Waals surface area contributed by atoms with Crippen LogP contribution in [0.3, 0.4) is 0 Å². The van der Waals surface area contributed by atoms with E-state index in [-0.39, 0.29) is 54.4 Å². The first-order valence-electron chi connectivity index (χ1n) is 24.4. The Bertz CT molecular complexity index is 3310. The average Bonchev–Trinajstić information content (AvgIpc) is 4.16. The Balaban J connectivity index is 0.930. The van der Waals surface area contributed by atoms with Gasteiger partial charge in [-0.15, -0.1) is 11.6 Å². The molecule has 1 fully saturated rings. The first kappa shape index (κ1) is 53.2. The minimum atomic E-state index is -3.97. The van der Waals surface area contributed by atoms with Crippen molar-refractivity contribution in [2.24, 2.45) is 0 Å². The van der Waals surface area contributed by atoms with Gasteiger partial charge in [0.25, 0.3) is 5.91 Å². The summed E-state index contributed by atoms with van der Waals surface area (Å²) in [5, 5.41) is 54.7. The smallest absolute Gasteiger partial charge is 0.333 e. The zero-order valence-electron chi connectivity index (χ0n) is 42.0. The van der Waals surface area contributed by atoms with Gasteiger partial charge < -0.3 is 63.8 Å². The van der Waals surface area contributed by atoms with E-state index in [2.05, 4.69) is 19.7 Å². The van der Waals surface area contributed by atoms with Crippen LogP contribution in [-0.4, -0.2) is 158 Å². The summed E-state index contributed by atoms with van der Waals surface area (Å²) in [5.74, 6) is 0.832. The van der Waals surface area contributed by atoms with Gasteiger partial charge in [-0.25, -0.2) is 23.1 Å². The number of rotatable bonds is 19. The van der Waals surface area contributed by atoms with Crippen molar-refractivity contribution in [3.63, 3.8) is 0 Å². The number of likely N-dealkylation sites (N-methyl/N-ethyl adjacent to an activating group) is 1. The molecular weight excluding hydrogens is 1010 g/mol. The molecule has 2 aromatic heterocycles. The molecule has 0 radical (unpaired) electrons. The van der Waals surface area contributed by atoms with Gasteiger partial charge in [-0.05, 0) is 111 Å². The number of alkyl halides is 1. The number of nitrogens with zero attached hydrogens (tertiary/aromatic N) is 4. The molecule has 8 N–H and O–H groups in total. The number of carbonyl (C=O) groups is 1. The quantitative estimate of drug-likeness (QED) is 0.0322. The highest BCUT2D eigenvalue weighted by Gasteiger charge is 2.45. The van der Waals surface area contributed by atoms with Crippen LogP contribution >= 0.6 is 11.6 Å². The number of aliphatic hydroxyl groups is 5. The van der Waals surface area contributed by atoms with Gasteiger partial charge in [-0.1, -0.05) is 12.1 Å². The van der Waals surface area contributed by atoms with Gasteiger partial charge in [0.1, 0.15) is 48.2 Å². The molecule has 1 saturated heterocycles. The van der Waals surface area contributed by atoms with Gasteiger partial charge in [0.2, 0.25) is 22.2 Å². The van der Waals surface area contributed by atoms with Crippen molar-refractivity contribution >= 4 is 66.5 Å². The van der Waals surface area contributed by atoms with E-state index in [1.54, 1.807) is 41.4 Å². The Morgan fingerprint density at radius 3 is 2.40 bits per heavy atom. The van der Waals surface area contributed by atoms with E-state index in [4.69, 9.17) is 30.2 Å². The number of fused-ring (bicyclic) bond motifs is 4. The lowest BCUT2D eigenvalue weighted by atomic mass is 9.91. The maximum Gasteiger partial charge on any atom is 0.333 e. The molecule has 5 aromatic carbocycles. The van der Waals surface area contributed by atoms with Crippen LogP contribution in [0.25, 0.3) is 44.5 Å². The summed E-state index contributed by atoms with van der Waals surface area (Å²) < 4.78 is 53.2. The molecule has 396 valence electrons. The second kappa shape index (κ2) is 22.3. The summed E-state index contributed by atoms with van der Waals surface area (Å²) in [5.41, 5.74) is 5.44. The number of H-pyrrole nitrogens is 1. The maximum atomic E-state index is 14.6. The Morgan fingerprint density at radius 1 is 0.947 bits per heavy atom. The number of anilines is 2. The normalized spacial score (nSPS) is 20.5. The number of aliphatic hydroxyl groups excluding tert-OH is 5. The van der Waals surface area contributed by atoms with Crippen LogP contribution in [0.2, 0.25) is 0 Å². The molecule has 0 bridgehead atoms. The Morgan fingerprint density at radius 2 is 1.69 bits per heavy atom. The van der Waals surface area contributed by atoms with E-state index in [1.807, 2.05) is 99.5 Å². The molecule has 75 heavy (non-hydrogen) atoms. The fraction of sp³-hybridized carbons (Fsp3) is 0.352. The topological polar surface area (TPSA) is 258 Å². The van der Waals surface area contributed by atoms with Crippen LogP contribution < -0.4 is 29.0 Å². The summed E-state index contributed by atoms with van der Waals surface area (Å²) in [6.07, 6.45) is -6.34. The maximum absolute atomic E-state index is 14.6. The van der Waals surface area contributed by atoms with Crippen LogP contribution in [0.15, 0.2) is 113 Å². The van der Waals surface area contributed by atoms with Crippen molar-refractivity contribution in [1.82, 2.24) is 19.6 Å². The zero-order chi connectivity index (χ0) is 53.3. The number of sulfonamides is 1. The lowest BCUT2D eigenvalue weighted by Gasteiger charge is -2.39. The molecule has 21 heteroatoms. The third-order valence-corrected chi connectivity index (χ3v) is 15.3. The van der Waals surface area contributed by atoms with E-state index >= 15 is 0 Å². The van der Waals surface area contributed by atoms with Crippen LogP contribution in [-0.2, 0) is 21.3 Å². The Hall–Kier alpha value is -6.59. The van der Waals surface area contributed by atoms with Crippen LogP contribution in [0, 0.1) is 0 Å². The summed E-state index contributed by atoms with van der Waals surface area (Å²) in [6, 6.07) is 28.4. The highest BCUT2D eigenvalue weighted by atomic mass is 35.5. The number of hydrogen-bond acceptors (Lipinski definition) is 14. The van der Waals surface area contributed by atoms with Crippen molar-refractivity contribution in [2.75, 3.05) is 70.8 Å². The van der Waals surface area contributed by atoms with Gasteiger partial charge in [0.05, 0.1) is 29.8 Å². The standard InChI is InChI=1S/C54H60ClN7O12S/c1-30(55)40-28-62(53(68)42-24-34-23-36(13-17-41(34)59-42)71-21-20-60(2)3)43-25-44(73-54-51(67)50(66)49(65)46(29-63)74-54)39-22-31(6-16-38(39)48(40)43)26-56-47(64)18-19-58-75(69,70)37-14-9-33(10-15-37)52-57-27-45(72-52)32-7-11-35(12-8-32)61(4)5/h6-17,22-25,27,30,40,46,49-51,54,58-59,63,65-67H,18-21,26,28-29H2,1-5H3,(H,56,64)/p+1/t30-,40+,46-,49+,50+,51-,54-/m1/s1. The molecule has 7 atom stereocenters. The van der Waals surface area contributed by atoms with Crippen LogP contribution in [0.4, 0.5) is 11.4 Å². The second-order valence-electron chi connectivity index (χ2n) is 19.2. The van der Waals surface area contributed by atoms with E-state index in [0.717, 1.165) is 34.3 Å². The largest absolute Gasteiger partial charge is 0.492 e. The number of oxazole rings is 1. The zero-order valence-corrected chi connectivity index (χ0v) is 43.5. The molecule has 0 aliphatic carbocycles. The number of amides is 1. The predicted molar refractivity (Wildman–Crippen MR) is 284 cm³/mol. The molecule has 0 unspecified atom stereocenters. The summed E-state index contributed by atoms with van der Waals surface area (Å²) in [4.78, 5) is 30.8. The Labute approximate surface area is 438 Å². The molecule has 2 aliphatic heterocycles. The molecule has 0 saturated carbocycles. The van der Waals surface area contributed by atoms with Crippen LogP contribution in [0.5, 0.6) is 11.5 Å². The van der Waals surface area contributed by atoms with Crippen molar-refractivity contribution in [3.05, 3.63) is 120 Å². The third-order valence-electron chi connectivity index (χ3n) is 13.5. The van der Waals surface area contributed by atoms with Crippen molar-refractivity contribution in [2.45, 2.75) is 66.8 Å². The van der Waals surface area contributed by atoms with Crippen molar-refractivity contribution < 1.29 is 62.4 Å². The van der Waals surface area contributed by atoms with Gasteiger partial charge in [0, 0.05) is 89.8 Å². The first-order chi connectivity index (χ1) is 35.9. The fourth-order valence-electron chi connectivity index (χ4n) is 9.24. The highest BCUT2D eigenvalue weighted by Crippen LogP contribution is 2.48. The number of ether oxygens (including phenoxy) is 3. The molecule has 1 amide bonds. The SMILES string of the molecule is C[C@@H](Cl)[C@@H]1CN(C(=O)c2cc3cc(OCCN(C)C)ccc3[nH]2)c2cc(O[C@@H]3O[C@H](CO)[C@H](O)[C@H](O)[C@H]3O)c3cc(C[NH+]=C(O)CCNS(=O)(=O)c4ccc(-c5ncc(-c6ccc(N(C)C)cc6)o5)cc4)ccc3c21. The number of nitrogens with one attached hydrogen (secondary N) is 3. The van der Waals surface area contributed by atoms with E-state index in [0.29, 0.717) is 57.3 Å². The van der Waals surface area contributed by atoms with E-state index in [9.17, 15) is 38.7 Å². The third kappa shape index (κ3) is 11.5. The molecule has 19 nitrogen and oxygen atoms in total. The van der Waals surface area contributed by atoms with E-state index < -0.39 is 52.7 Å². The molecule has 7 aromatic rings. The first-order valence-corrected chi connectivity index (χ1v) is 26.4. The van der Waals surface area contributed by atoms with Gasteiger partial charge in [0.15, 0.2) is 12.3 Å². The minimum Gasteiger partial charge on any atom is -0.492 e. The highest BCUT2D eigenvalue weighted by molar-refractivity contribution is 7.89. The average molecular weight is 1070 g/mol. The van der Waals surface area contributed by atoms with Crippen molar-refractivity contribution in [1.29, 1.82) is 0 Å². The molecular formula is C54H61ClN7O12S+. The predicted octanol–water partition coefficient (Wildman–Crippen LogP) is 4.11. The number of carbonyl (C=O) groups excluding carboxylic acids is 1. The molecule has 2 aliphatic rings. The van der Waals surface area contributed by atoms with Crippen LogP contribution in [0.1, 0.15) is 40.9 Å². The lowest BCUT2D eigenvalue weighted by Crippen LogP contribution is -2.71. The molecule has 0 spiro atoms. The Kier molecular flexibility index (Phi) is 15.8. The van der Waals surface area contributed by atoms with Gasteiger partial charge in [-0.2, -0.15) is 0 Å². The fourth-order valence-corrected chi connectivity index (χ4v) is 10.5. The lowest BCUT2D eigenvalue weighted by molar-refractivity contribution is -0.485. The molecule has 4 heterocycles. The van der Waals surface area contributed by atoms with Gasteiger partial charge in [-0.3, -0.25) is 4.79 Å². The van der Waals surface area contributed by atoms with Gasteiger partial charge >= 0.3 is 5.90 Å². The monoisotopic (exact) mass is 1070 g/mol. The summed E-state index contributed by atoms with van der Waals surface area (Å²) in [7, 11) is 3.88. The minimum absolute atomic E-state index is 0.0148. The molecule has 9 rings (SSSR count). The summed E-state index contributed by atoms with van der Waals surface area (Å²) >= 11 is 6.91. The number of halogens is 1. The number of aromatic amines is 1.